The number of carbonyl (C=O) groups excluding carboxylic acids is 1. The van der Waals surface area contributed by atoms with Gasteiger partial charge in [-0.25, -0.2) is 4.98 Å². The van der Waals surface area contributed by atoms with Crippen molar-refractivity contribution in [3.8, 4) is 0 Å². The lowest BCUT2D eigenvalue weighted by Crippen LogP contribution is -2.36. The van der Waals surface area contributed by atoms with Gasteiger partial charge in [0, 0.05) is 39.8 Å². The number of nitro benzene ring substituents is 1. The number of amides is 1. The number of non-ortho nitro benzene ring substituents is 1. The summed E-state index contributed by atoms with van der Waals surface area (Å²) in [6.45, 7) is 1.17. The minimum Gasteiger partial charge on any atom is -0.308 e. The maximum Gasteiger partial charge on any atom is 0.270 e. The largest absolute Gasteiger partial charge is 0.308 e. The molecule has 30 heavy (non-hydrogen) atoms. The minimum atomic E-state index is -0.429. The Bertz CT molecular complexity index is 1270. The highest BCUT2D eigenvalue weighted by Crippen LogP contribution is 2.34. The third-order valence-electron chi connectivity index (χ3n) is 4.51. The van der Waals surface area contributed by atoms with Gasteiger partial charge >= 0.3 is 0 Å². The topological polar surface area (TPSA) is 79.6 Å². The zero-order valence-electron chi connectivity index (χ0n) is 16.2. The van der Waals surface area contributed by atoms with E-state index >= 15 is 0 Å². The van der Waals surface area contributed by atoms with E-state index in [1.807, 2.05) is 37.2 Å². The van der Waals surface area contributed by atoms with E-state index in [9.17, 15) is 14.9 Å². The zero-order valence-corrected chi connectivity index (χ0v) is 19.4. The van der Waals surface area contributed by atoms with Gasteiger partial charge in [-0.2, -0.15) is 0 Å². The quantitative estimate of drug-likeness (QED) is 0.259. The van der Waals surface area contributed by atoms with Gasteiger partial charge in [0.2, 0.25) is 0 Å². The number of benzene rings is 2. The number of anilines is 1. The molecule has 0 radical (unpaired) electrons. The van der Waals surface area contributed by atoms with E-state index in [0.717, 1.165) is 19.4 Å². The van der Waals surface area contributed by atoms with Crippen LogP contribution in [0.5, 0.6) is 0 Å². The lowest BCUT2D eigenvalue weighted by Gasteiger charge is -2.21. The SMILES string of the molecule is CN(C)CCN(C(=O)c1cc2cc([N+](=O)[O-])ccc2s1)c1nc2ccc(Br)cc2s1. The lowest BCUT2D eigenvalue weighted by molar-refractivity contribution is -0.384. The Hall–Kier alpha value is -2.40. The number of halogens is 1. The van der Waals surface area contributed by atoms with Crippen molar-refractivity contribution in [2.24, 2.45) is 0 Å². The van der Waals surface area contributed by atoms with Crippen molar-refractivity contribution in [2.75, 3.05) is 32.1 Å². The van der Waals surface area contributed by atoms with Gasteiger partial charge in [-0.15, -0.1) is 11.3 Å². The molecule has 0 bridgehead atoms. The molecule has 10 heteroatoms. The molecule has 4 rings (SSSR count). The number of fused-ring (bicyclic) bond motifs is 2. The van der Waals surface area contributed by atoms with Gasteiger partial charge in [-0.05, 0) is 44.4 Å². The van der Waals surface area contributed by atoms with Crippen molar-refractivity contribution in [3.63, 3.8) is 0 Å². The molecule has 2 aromatic carbocycles. The fourth-order valence-corrected chi connectivity index (χ4v) is 5.50. The molecule has 0 aliphatic carbocycles. The number of rotatable bonds is 6. The zero-order chi connectivity index (χ0) is 21.4. The summed E-state index contributed by atoms with van der Waals surface area (Å²) in [5.41, 5.74) is 0.855. The van der Waals surface area contributed by atoms with Gasteiger partial charge < -0.3 is 4.90 Å². The van der Waals surface area contributed by atoms with Crippen molar-refractivity contribution in [3.05, 3.63) is 61.9 Å². The molecule has 0 aliphatic heterocycles. The number of hydrogen-bond acceptors (Lipinski definition) is 7. The van der Waals surface area contributed by atoms with Crippen LogP contribution in [0.1, 0.15) is 9.67 Å². The second kappa shape index (κ2) is 8.38. The molecule has 0 saturated heterocycles. The maximum atomic E-state index is 13.4. The Labute approximate surface area is 188 Å². The number of thiazole rings is 1. The van der Waals surface area contributed by atoms with Gasteiger partial charge in [0.15, 0.2) is 5.13 Å². The molecule has 0 spiro atoms. The number of aromatic nitrogens is 1. The molecule has 7 nitrogen and oxygen atoms in total. The predicted octanol–water partition coefficient (Wildman–Crippen LogP) is 5.39. The fourth-order valence-electron chi connectivity index (χ4n) is 2.97. The minimum absolute atomic E-state index is 0.0144. The van der Waals surface area contributed by atoms with E-state index in [4.69, 9.17) is 0 Å². The molecule has 0 atom stereocenters. The Kier molecular flexibility index (Phi) is 5.83. The van der Waals surface area contributed by atoms with E-state index in [1.165, 1.54) is 34.8 Å². The molecule has 0 fully saturated rings. The monoisotopic (exact) mass is 504 g/mol. The van der Waals surface area contributed by atoms with Crippen molar-refractivity contribution >= 4 is 75.6 Å². The summed E-state index contributed by atoms with van der Waals surface area (Å²) in [5, 5.41) is 12.4. The predicted molar refractivity (Wildman–Crippen MR) is 126 cm³/mol. The normalized spacial score (nSPS) is 11.5. The number of nitrogens with zero attached hydrogens (tertiary/aromatic N) is 4. The van der Waals surface area contributed by atoms with Crippen LogP contribution in [0.2, 0.25) is 0 Å². The van der Waals surface area contributed by atoms with Crippen LogP contribution in [-0.2, 0) is 0 Å². The van der Waals surface area contributed by atoms with Crippen molar-refractivity contribution in [1.29, 1.82) is 0 Å². The average molecular weight is 505 g/mol. The highest BCUT2D eigenvalue weighted by molar-refractivity contribution is 9.10. The highest BCUT2D eigenvalue weighted by Gasteiger charge is 2.23. The van der Waals surface area contributed by atoms with Crippen molar-refractivity contribution in [1.82, 2.24) is 9.88 Å². The van der Waals surface area contributed by atoms with E-state index in [0.29, 0.717) is 28.5 Å². The van der Waals surface area contributed by atoms with Crippen LogP contribution in [-0.4, -0.2) is 47.9 Å². The third kappa shape index (κ3) is 4.22. The van der Waals surface area contributed by atoms with Crippen LogP contribution < -0.4 is 4.90 Å². The summed E-state index contributed by atoms with van der Waals surface area (Å²) in [6.07, 6.45) is 0. The summed E-state index contributed by atoms with van der Waals surface area (Å²) >= 11 is 6.28. The first-order chi connectivity index (χ1) is 14.3. The van der Waals surface area contributed by atoms with Gasteiger partial charge in [0.25, 0.3) is 11.6 Å². The van der Waals surface area contributed by atoms with Gasteiger partial charge in [0.05, 0.1) is 20.0 Å². The number of likely N-dealkylation sites (N-methyl/N-ethyl adjacent to an activating group) is 1. The van der Waals surface area contributed by atoms with Crippen LogP contribution in [0.15, 0.2) is 46.9 Å². The summed E-state index contributed by atoms with van der Waals surface area (Å²) < 4.78 is 2.79. The second-order valence-corrected chi connectivity index (χ2v) is 9.97. The van der Waals surface area contributed by atoms with Gasteiger partial charge in [-0.3, -0.25) is 19.8 Å². The van der Waals surface area contributed by atoms with Crippen LogP contribution >= 0.6 is 38.6 Å². The molecule has 0 aliphatic rings. The number of thiophene rings is 1. The van der Waals surface area contributed by atoms with Gasteiger partial charge in [0.1, 0.15) is 0 Å². The van der Waals surface area contributed by atoms with Crippen LogP contribution in [0.25, 0.3) is 20.3 Å². The smallest absolute Gasteiger partial charge is 0.270 e. The Morgan fingerprint density at radius 2 is 1.90 bits per heavy atom. The summed E-state index contributed by atoms with van der Waals surface area (Å²) in [5.74, 6) is -0.154. The molecule has 0 unspecified atom stereocenters. The third-order valence-corrected chi connectivity index (χ3v) is 7.15. The molecular formula is C20H17BrN4O3S2. The van der Waals surface area contributed by atoms with E-state index in [1.54, 1.807) is 17.0 Å². The summed E-state index contributed by atoms with van der Waals surface area (Å²) in [4.78, 5) is 33.0. The van der Waals surface area contributed by atoms with E-state index in [-0.39, 0.29) is 11.6 Å². The Balaban J connectivity index is 1.73. The number of nitro groups is 1. The van der Waals surface area contributed by atoms with Crippen LogP contribution in [0.3, 0.4) is 0 Å². The molecular weight excluding hydrogens is 488 g/mol. The maximum absolute atomic E-state index is 13.4. The first-order valence-corrected chi connectivity index (χ1v) is 11.4. The molecule has 1 amide bonds. The molecule has 154 valence electrons. The highest BCUT2D eigenvalue weighted by atomic mass is 79.9. The molecule has 2 heterocycles. The first-order valence-electron chi connectivity index (χ1n) is 9.02. The first kappa shape index (κ1) is 20.9. The van der Waals surface area contributed by atoms with E-state index < -0.39 is 4.92 Å². The average Bonchev–Trinajstić information content (AvgIpc) is 3.30. The van der Waals surface area contributed by atoms with Crippen molar-refractivity contribution in [2.45, 2.75) is 0 Å². The fraction of sp³-hybridized carbons (Fsp3) is 0.200. The lowest BCUT2D eigenvalue weighted by atomic mass is 10.2. The summed E-state index contributed by atoms with van der Waals surface area (Å²) in [7, 11) is 3.91. The number of hydrogen-bond donors (Lipinski definition) is 0. The van der Waals surface area contributed by atoms with Gasteiger partial charge in [-0.1, -0.05) is 27.3 Å². The number of carbonyl (C=O) groups is 1. The summed E-state index contributed by atoms with van der Waals surface area (Å²) in [6, 6.07) is 12.2. The Morgan fingerprint density at radius 3 is 2.63 bits per heavy atom. The van der Waals surface area contributed by atoms with Crippen LogP contribution in [0.4, 0.5) is 10.8 Å². The second-order valence-electron chi connectivity index (χ2n) is 6.96. The van der Waals surface area contributed by atoms with Crippen LogP contribution in [0, 0.1) is 10.1 Å². The molecule has 4 aromatic rings. The van der Waals surface area contributed by atoms with E-state index in [2.05, 4.69) is 20.9 Å². The molecule has 2 aromatic heterocycles. The Morgan fingerprint density at radius 1 is 1.10 bits per heavy atom. The molecule has 0 saturated carbocycles. The standard InChI is InChI=1S/C20H17BrN4O3S2/c1-23(2)7-8-24(20-22-15-5-3-13(21)11-17(15)30-20)19(26)18-10-12-9-14(25(27)28)4-6-16(12)29-18/h3-6,9-11H,7-8H2,1-2H3. The van der Waals surface area contributed by atoms with Crippen molar-refractivity contribution < 1.29 is 9.72 Å². The molecule has 0 N–H and O–H groups in total.